The zero-order chi connectivity index (χ0) is 20.5. The third-order valence-electron chi connectivity index (χ3n) is 4.79. The van der Waals surface area contributed by atoms with Crippen LogP contribution in [0.4, 0.5) is 0 Å². The molecule has 0 aliphatic rings. The maximum atomic E-state index is 11.0. The molecule has 0 fully saturated rings. The first-order chi connectivity index (χ1) is 13.2. The highest BCUT2D eigenvalue weighted by atomic mass is 16.3. The molecule has 1 aromatic carbocycles. The molecule has 3 rings (SSSR count). The predicted molar refractivity (Wildman–Crippen MR) is 109 cm³/mol. The van der Waals surface area contributed by atoms with Crippen LogP contribution in [0.15, 0.2) is 36.4 Å². The summed E-state index contributed by atoms with van der Waals surface area (Å²) in [6, 6.07) is 12.5. The highest BCUT2D eigenvalue weighted by Crippen LogP contribution is 2.26. The number of nitrogens with zero attached hydrogens (tertiary/aromatic N) is 3. The number of pyridine rings is 1. The van der Waals surface area contributed by atoms with Crippen LogP contribution in [0.1, 0.15) is 54.8 Å². The molecule has 2 aromatic heterocycles. The second-order valence-electron chi connectivity index (χ2n) is 7.97. The van der Waals surface area contributed by atoms with Gasteiger partial charge in [0, 0.05) is 17.7 Å². The fourth-order valence-electron chi connectivity index (χ4n) is 3.02. The van der Waals surface area contributed by atoms with Gasteiger partial charge in [-0.1, -0.05) is 51.1 Å². The molecule has 0 atom stereocenters. The molecule has 0 saturated carbocycles. The van der Waals surface area contributed by atoms with Crippen molar-refractivity contribution < 1.29 is 9.90 Å². The average Bonchev–Trinajstić information content (AvgIpc) is 2.65. The number of aromatic nitrogens is 3. The van der Waals surface area contributed by atoms with E-state index < -0.39 is 0 Å². The molecule has 1 radical (unpaired) electrons. The summed E-state index contributed by atoms with van der Waals surface area (Å²) in [6.07, 6.45) is 2.08. The van der Waals surface area contributed by atoms with E-state index in [1.54, 1.807) is 13.2 Å². The van der Waals surface area contributed by atoms with Crippen LogP contribution in [0.5, 0.6) is 5.75 Å². The summed E-state index contributed by atoms with van der Waals surface area (Å²) in [5.41, 5.74) is 5.48. The largest absolute Gasteiger partial charge is 0.504 e. The molecule has 0 spiro atoms. The third kappa shape index (κ3) is 4.09. The lowest BCUT2D eigenvalue weighted by atomic mass is 9.86. The normalized spacial score (nSPS) is 11.5. The Morgan fingerprint density at radius 1 is 0.929 bits per heavy atom. The zero-order valence-electron chi connectivity index (χ0n) is 16.9. The van der Waals surface area contributed by atoms with Gasteiger partial charge in [0.05, 0.1) is 11.4 Å². The summed E-state index contributed by atoms with van der Waals surface area (Å²) in [5.74, 6) is 0.239. The molecular weight excluding hydrogens is 350 g/mol. The summed E-state index contributed by atoms with van der Waals surface area (Å²) in [4.78, 5) is 24.0. The Morgan fingerprint density at radius 3 is 2.18 bits per heavy atom. The fourth-order valence-corrected chi connectivity index (χ4v) is 3.02. The van der Waals surface area contributed by atoms with Gasteiger partial charge in [-0.2, -0.15) is 0 Å². The summed E-state index contributed by atoms with van der Waals surface area (Å²) in [5, 5.41) is 9.77. The van der Waals surface area contributed by atoms with Crippen molar-refractivity contribution in [3.63, 3.8) is 0 Å². The zero-order valence-corrected chi connectivity index (χ0v) is 16.9. The van der Waals surface area contributed by atoms with Crippen LogP contribution in [0.3, 0.4) is 0 Å². The quantitative estimate of drug-likeness (QED) is 0.740. The molecule has 1 N–H and O–H groups in total. The topological polar surface area (TPSA) is 76.0 Å². The molecule has 5 nitrogen and oxygen atoms in total. The van der Waals surface area contributed by atoms with E-state index >= 15 is 0 Å². The third-order valence-corrected chi connectivity index (χ3v) is 4.79. The van der Waals surface area contributed by atoms with Crippen LogP contribution < -0.4 is 0 Å². The van der Waals surface area contributed by atoms with E-state index in [0.29, 0.717) is 17.9 Å². The van der Waals surface area contributed by atoms with Crippen LogP contribution in [0.2, 0.25) is 0 Å². The summed E-state index contributed by atoms with van der Waals surface area (Å²) in [6.45, 7) is 10.2. The summed E-state index contributed by atoms with van der Waals surface area (Å²) >= 11 is 0. The van der Waals surface area contributed by atoms with E-state index in [1.165, 1.54) is 5.56 Å². The number of benzene rings is 1. The lowest BCUT2D eigenvalue weighted by Crippen LogP contribution is -2.10. The van der Waals surface area contributed by atoms with Gasteiger partial charge in [0.15, 0.2) is 11.4 Å². The number of aryl methyl sites for hydroxylation is 2. The van der Waals surface area contributed by atoms with E-state index in [1.807, 2.05) is 19.1 Å². The van der Waals surface area contributed by atoms with Crippen LogP contribution >= 0.6 is 0 Å². The Bertz CT molecular complexity index is 1020. The van der Waals surface area contributed by atoms with Gasteiger partial charge in [-0.3, -0.25) is 9.78 Å². The standard InChI is InChI=1S/C23H24N3O2/c1-14-17(12-21-25-15(2)22(28)20(13-27)26-21)8-11-19(24-14)16-6-9-18(10-7-16)23(3,4)5/h6-11,28H,12H2,1-5H3. The maximum absolute atomic E-state index is 11.0. The minimum Gasteiger partial charge on any atom is -0.504 e. The van der Waals surface area contributed by atoms with Gasteiger partial charge >= 0.3 is 0 Å². The highest BCUT2D eigenvalue weighted by molar-refractivity contribution is 5.76. The van der Waals surface area contributed by atoms with Crippen molar-refractivity contribution in [2.24, 2.45) is 0 Å². The van der Waals surface area contributed by atoms with E-state index in [-0.39, 0.29) is 16.9 Å². The van der Waals surface area contributed by atoms with Gasteiger partial charge in [0.1, 0.15) is 5.82 Å². The summed E-state index contributed by atoms with van der Waals surface area (Å²) in [7, 11) is 0. The lowest BCUT2D eigenvalue weighted by molar-refractivity contribution is 0.459. The molecule has 0 unspecified atom stereocenters. The van der Waals surface area contributed by atoms with E-state index in [2.05, 4.69) is 55.0 Å². The second-order valence-corrected chi connectivity index (χ2v) is 7.97. The number of carbonyl (C=O) groups excluding carboxylic acids is 1. The van der Waals surface area contributed by atoms with E-state index in [9.17, 15) is 9.90 Å². The molecule has 28 heavy (non-hydrogen) atoms. The lowest BCUT2D eigenvalue weighted by Gasteiger charge is -2.19. The number of aromatic hydroxyl groups is 1. The monoisotopic (exact) mass is 374 g/mol. The van der Waals surface area contributed by atoms with Crippen LogP contribution in [-0.4, -0.2) is 26.3 Å². The van der Waals surface area contributed by atoms with Crippen molar-refractivity contribution in [2.75, 3.05) is 0 Å². The maximum Gasteiger partial charge on any atom is 0.257 e. The van der Waals surface area contributed by atoms with Gasteiger partial charge in [-0.15, -0.1) is 0 Å². The molecule has 2 heterocycles. The number of hydrogen-bond acceptors (Lipinski definition) is 5. The average molecular weight is 374 g/mol. The Balaban J connectivity index is 1.87. The Labute approximate surface area is 165 Å². The molecule has 0 aliphatic heterocycles. The molecular formula is C23H24N3O2. The Morgan fingerprint density at radius 2 is 1.61 bits per heavy atom. The second kappa shape index (κ2) is 7.50. The first-order valence-electron chi connectivity index (χ1n) is 9.21. The van der Waals surface area contributed by atoms with Gasteiger partial charge in [-0.05, 0) is 36.5 Å². The summed E-state index contributed by atoms with van der Waals surface area (Å²) < 4.78 is 0. The van der Waals surface area contributed by atoms with Gasteiger partial charge in [-0.25, -0.2) is 9.97 Å². The predicted octanol–water partition coefficient (Wildman–Crippen LogP) is 4.21. The molecule has 143 valence electrons. The molecule has 5 heteroatoms. The van der Waals surface area contributed by atoms with Crippen LogP contribution in [-0.2, 0) is 16.6 Å². The molecule has 3 aromatic rings. The molecule has 0 amide bonds. The van der Waals surface area contributed by atoms with Crippen LogP contribution in [0.25, 0.3) is 11.3 Å². The van der Waals surface area contributed by atoms with Crippen LogP contribution in [0, 0.1) is 13.8 Å². The van der Waals surface area contributed by atoms with Gasteiger partial charge < -0.3 is 5.11 Å². The fraction of sp³-hybridized carbons (Fsp3) is 0.304. The van der Waals surface area contributed by atoms with Gasteiger partial charge in [0.25, 0.3) is 6.29 Å². The Hall–Kier alpha value is -3.08. The van der Waals surface area contributed by atoms with Crippen molar-refractivity contribution >= 4 is 6.29 Å². The Kier molecular flexibility index (Phi) is 5.27. The van der Waals surface area contributed by atoms with Crippen molar-refractivity contribution in [2.45, 2.75) is 46.5 Å². The highest BCUT2D eigenvalue weighted by Gasteiger charge is 2.15. The number of rotatable bonds is 4. The van der Waals surface area contributed by atoms with Crippen molar-refractivity contribution in [3.05, 3.63) is 70.4 Å². The SMILES string of the molecule is Cc1nc(-c2ccc(C(C)(C)C)cc2)ccc1Cc1nc(C)c(O)c([C]=O)n1. The van der Waals surface area contributed by atoms with E-state index in [0.717, 1.165) is 22.5 Å². The first kappa shape index (κ1) is 19.7. The number of hydrogen-bond donors (Lipinski definition) is 1. The minimum atomic E-state index is -0.220. The van der Waals surface area contributed by atoms with E-state index in [4.69, 9.17) is 4.98 Å². The van der Waals surface area contributed by atoms with Crippen molar-refractivity contribution in [1.82, 2.24) is 15.0 Å². The molecule has 0 aliphatic carbocycles. The smallest absolute Gasteiger partial charge is 0.257 e. The molecule has 0 bridgehead atoms. The van der Waals surface area contributed by atoms with Gasteiger partial charge in [0.2, 0.25) is 0 Å². The van der Waals surface area contributed by atoms with Crippen molar-refractivity contribution in [1.29, 1.82) is 0 Å². The first-order valence-corrected chi connectivity index (χ1v) is 9.21. The minimum absolute atomic E-state index is 0.108. The molecule has 0 saturated heterocycles. The van der Waals surface area contributed by atoms with Crippen molar-refractivity contribution in [3.8, 4) is 17.0 Å².